The second-order valence-corrected chi connectivity index (χ2v) is 2.75. The molecule has 0 saturated carbocycles. The molecule has 0 aromatic rings. The van der Waals surface area contributed by atoms with Gasteiger partial charge in [-0.1, -0.05) is 0 Å². The summed E-state index contributed by atoms with van der Waals surface area (Å²) in [6, 6.07) is 0. The molecule has 1 aliphatic heterocycles. The Bertz CT molecular complexity index is 185. The highest BCUT2D eigenvalue weighted by molar-refractivity contribution is 5.74. The minimum atomic E-state index is -0.611. The molecule has 12 heavy (non-hydrogen) atoms. The lowest BCUT2D eigenvalue weighted by atomic mass is 10.2. The summed E-state index contributed by atoms with van der Waals surface area (Å²) in [7, 11) is 0. The fourth-order valence-corrected chi connectivity index (χ4v) is 0.822. The zero-order valence-electron chi connectivity index (χ0n) is 6.90. The van der Waals surface area contributed by atoms with E-state index in [2.05, 4.69) is 0 Å². The number of carbonyl (C=O) groups is 1. The zero-order valence-corrected chi connectivity index (χ0v) is 6.90. The third-order valence-electron chi connectivity index (χ3n) is 1.45. The van der Waals surface area contributed by atoms with E-state index in [4.69, 9.17) is 14.6 Å². The van der Waals surface area contributed by atoms with Gasteiger partial charge < -0.3 is 14.6 Å². The molecule has 1 aliphatic rings. The molecule has 0 bridgehead atoms. The van der Waals surface area contributed by atoms with Crippen LogP contribution in [0.25, 0.3) is 0 Å². The lowest BCUT2D eigenvalue weighted by Gasteiger charge is -2.08. The van der Waals surface area contributed by atoms with E-state index in [9.17, 15) is 4.79 Å². The van der Waals surface area contributed by atoms with Crippen molar-refractivity contribution in [2.45, 2.75) is 13.0 Å². The Morgan fingerprint density at radius 3 is 3.17 bits per heavy atom. The summed E-state index contributed by atoms with van der Waals surface area (Å²) < 4.78 is 9.61. The Hall–Kier alpha value is -1.03. The number of carbonyl (C=O) groups excluding carboxylic acids is 1. The number of esters is 1. The van der Waals surface area contributed by atoms with Gasteiger partial charge in [0.25, 0.3) is 0 Å². The molecule has 1 rings (SSSR count). The predicted molar refractivity (Wildman–Crippen MR) is 41.2 cm³/mol. The van der Waals surface area contributed by atoms with Crippen LogP contribution in [-0.4, -0.2) is 30.4 Å². The van der Waals surface area contributed by atoms with E-state index >= 15 is 0 Å². The largest absolute Gasteiger partial charge is 0.500 e. The summed E-state index contributed by atoms with van der Waals surface area (Å²) in [6.07, 6.45) is 2.51. The molecule has 0 aromatic carbocycles. The molecular weight excluding hydrogens is 160 g/mol. The van der Waals surface area contributed by atoms with Gasteiger partial charge in [-0.25, -0.2) is 0 Å². The predicted octanol–water partition coefficient (Wildman–Crippen LogP) is 0.0705. The van der Waals surface area contributed by atoms with E-state index in [0.29, 0.717) is 6.61 Å². The number of hydrogen-bond donors (Lipinski definition) is 1. The minimum Gasteiger partial charge on any atom is -0.500 e. The smallest absolute Gasteiger partial charge is 0.316 e. The highest BCUT2D eigenvalue weighted by atomic mass is 16.5. The van der Waals surface area contributed by atoms with E-state index in [1.165, 1.54) is 6.26 Å². The van der Waals surface area contributed by atoms with Crippen LogP contribution in [0.3, 0.4) is 0 Å². The van der Waals surface area contributed by atoms with E-state index in [1.54, 1.807) is 13.0 Å². The van der Waals surface area contributed by atoms with Crippen LogP contribution in [-0.2, 0) is 14.3 Å². The molecule has 0 aromatic heterocycles. The number of ether oxygens (including phenoxy) is 2. The van der Waals surface area contributed by atoms with Gasteiger partial charge in [-0.05, 0) is 13.0 Å². The Labute approximate surface area is 70.8 Å². The third kappa shape index (κ3) is 2.54. The first kappa shape index (κ1) is 9.06. The van der Waals surface area contributed by atoms with Crippen molar-refractivity contribution in [3.63, 3.8) is 0 Å². The van der Waals surface area contributed by atoms with Crippen molar-refractivity contribution in [3.05, 3.63) is 12.3 Å². The molecule has 4 heteroatoms. The van der Waals surface area contributed by atoms with E-state index in [-0.39, 0.29) is 18.5 Å². The molecule has 2 atom stereocenters. The van der Waals surface area contributed by atoms with Gasteiger partial charge in [0.05, 0.1) is 12.4 Å². The summed E-state index contributed by atoms with van der Waals surface area (Å²) in [4.78, 5) is 11.1. The van der Waals surface area contributed by atoms with Gasteiger partial charge in [0.1, 0.15) is 19.1 Å². The first-order chi connectivity index (χ1) is 5.70. The lowest BCUT2D eigenvalue weighted by Crippen LogP contribution is -2.21. The molecule has 0 saturated heterocycles. The normalized spacial score (nSPS) is 23.3. The quantitative estimate of drug-likeness (QED) is 0.612. The van der Waals surface area contributed by atoms with Crippen LogP contribution in [0, 0.1) is 5.92 Å². The van der Waals surface area contributed by atoms with Crippen LogP contribution in [0.15, 0.2) is 12.3 Å². The monoisotopic (exact) mass is 172 g/mol. The van der Waals surface area contributed by atoms with Crippen LogP contribution < -0.4 is 0 Å². The standard InChI is InChI=1S/C8H12O4/c1-6(9)4-12-8(10)7-2-3-11-5-7/h2-3,6-7,9H,4-5H2,1H3. The van der Waals surface area contributed by atoms with Gasteiger partial charge in [0.15, 0.2) is 0 Å². The minimum absolute atomic E-state index is 0.0448. The van der Waals surface area contributed by atoms with E-state index in [0.717, 1.165) is 0 Å². The molecule has 0 radical (unpaired) electrons. The molecule has 4 nitrogen and oxygen atoms in total. The van der Waals surface area contributed by atoms with Crippen molar-refractivity contribution in [1.29, 1.82) is 0 Å². The molecule has 0 spiro atoms. The lowest BCUT2D eigenvalue weighted by molar-refractivity contribution is -0.150. The van der Waals surface area contributed by atoms with Crippen LogP contribution >= 0.6 is 0 Å². The molecule has 68 valence electrons. The van der Waals surface area contributed by atoms with Crippen LogP contribution in [0.5, 0.6) is 0 Å². The topological polar surface area (TPSA) is 55.8 Å². The molecular formula is C8H12O4. The van der Waals surface area contributed by atoms with Gasteiger partial charge in [0, 0.05) is 0 Å². The molecule has 0 aliphatic carbocycles. The second kappa shape index (κ2) is 4.11. The highest BCUT2D eigenvalue weighted by Gasteiger charge is 2.21. The van der Waals surface area contributed by atoms with Gasteiger partial charge in [-0.15, -0.1) is 0 Å². The van der Waals surface area contributed by atoms with Gasteiger partial charge in [0.2, 0.25) is 0 Å². The fraction of sp³-hybridized carbons (Fsp3) is 0.625. The average molecular weight is 172 g/mol. The van der Waals surface area contributed by atoms with Crippen LogP contribution in [0.1, 0.15) is 6.92 Å². The Morgan fingerprint density at radius 2 is 2.67 bits per heavy atom. The van der Waals surface area contributed by atoms with Crippen LogP contribution in [0.2, 0.25) is 0 Å². The van der Waals surface area contributed by atoms with Crippen molar-refractivity contribution in [2.75, 3.05) is 13.2 Å². The summed E-state index contributed by atoms with van der Waals surface area (Å²) in [5.74, 6) is -0.645. The van der Waals surface area contributed by atoms with Crippen molar-refractivity contribution < 1.29 is 19.4 Å². The third-order valence-corrected chi connectivity index (χ3v) is 1.45. The number of hydrogen-bond acceptors (Lipinski definition) is 4. The summed E-state index contributed by atoms with van der Waals surface area (Å²) in [5, 5.41) is 8.82. The molecule has 1 heterocycles. The van der Waals surface area contributed by atoms with Crippen molar-refractivity contribution >= 4 is 5.97 Å². The summed E-state index contributed by atoms with van der Waals surface area (Å²) in [5.41, 5.74) is 0. The first-order valence-electron chi connectivity index (χ1n) is 3.83. The van der Waals surface area contributed by atoms with Crippen molar-refractivity contribution in [1.82, 2.24) is 0 Å². The maximum Gasteiger partial charge on any atom is 0.316 e. The Balaban J connectivity index is 2.23. The zero-order chi connectivity index (χ0) is 8.97. The van der Waals surface area contributed by atoms with E-state index in [1.807, 2.05) is 0 Å². The number of aliphatic hydroxyl groups excluding tert-OH is 1. The average Bonchev–Trinajstić information content (AvgIpc) is 2.51. The van der Waals surface area contributed by atoms with Crippen molar-refractivity contribution in [2.24, 2.45) is 5.92 Å². The van der Waals surface area contributed by atoms with Gasteiger partial charge in [-0.3, -0.25) is 4.79 Å². The van der Waals surface area contributed by atoms with Gasteiger partial charge >= 0.3 is 5.97 Å². The number of aliphatic hydroxyl groups is 1. The molecule has 0 fully saturated rings. The Kier molecular flexibility index (Phi) is 3.10. The molecule has 0 amide bonds. The SMILES string of the molecule is CC(O)COC(=O)C1C=COC1. The number of rotatable bonds is 3. The molecule has 1 N–H and O–H groups in total. The van der Waals surface area contributed by atoms with Crippen LogP contribution in [0.4, 0.5) is 0 Å². The van der Waals surface area contributed by atoms with Gasteiger partial charge in [-0.2, -0.15) is 0 Å². The second-order valence-electron chi connectivity index (χ2n) is 2.75. The molecule has 2 unspecified atom stereocenters. The first-order valence-corrected chi connectivity index (χ1v) is 3.83. The summed E-state index contributed by atoms with van der Waals surface area (Å²) in [6.45, 7) is 1.95. The Morgan fingerprint density at radius 1 is 1.92 bits per heavy atom. The summed E-state index contributed by atoms with van der Waals surface area (Å²) >= 11 is 0. The maximum atomic E-state index is 11.1. The fourth-order valence-electron chi connectivity index (χ4n) is 0.822. The highest BCUT2D eigenvalue weighted by Crippen LogP contribution is 2.09. The van der Waals surface area contributed by atoms with Crippen molar-refractivity contribution in [3.8, 4) is 0 Å². The maximum absolute atomic E-state index is 11.1. The van der Waals surface area contributed by atoms with E-state index < -0.39 is 6.10 Å².